The summed E-state index contributed by atoms with van der Waals surface area (Å²) in [5.74, 6) is -0.0613. The van der Waals surface area contributed by atoms with Gasteiger partial charge in [0.25, 0.3) is 11.8 Å². The first-order valence-corrected chi connectivity index (χ1v) is 10.2. The number of hydrogen-bond acceptors (Lipinski definition) is 3. The van der Waals surface area contributed by atoms with Gasteiger partial charge in [0.1, 0.15) is 11.4 Å². The van der Waals surface area contributed by atoms with Crippen molar-refractivity contribution in [2.45, 2.75) is 77.3 Å². The fraction of sp³-hybridized carbons (Fsp3) is 0.667. The Morgan fingerprint density at radius 3 is 1.77 bits per heavy atom. The van der Waals surface area contributed by atoms with E-state index < -0.39 is 0 Å². The molecule has 0 N–H and O–H groups in total. The van der Waals surface area contributed by atoms with E-state index in [4.69, 9.17) is 0 Å². The van der Waals surface area contributed by atoms with Gasteiger partial charge in [0.15, 0.2) is 0 Å². The maximum atomic E-state index is 13.0. The lowest BCUT2D eigenvalue weighted by atomic mass is 9.99. The molecule has 0 spiro atoms. The summed E-state index contributed by atoms with van der Waals surface area (Å²) in [6.45, 7) is 5.85. The molecule has 0 bridgehead atoms. The third-order valence-electron chi connectivity index (χ3n) is 5.91. The molecule has 2 amide bonds. The zero-order chi connectivity index (χ0) is 18.5. The highest BCUT2D eigenvalue weighted by atomic mass is 16.2. The summed E-state index contributed by atoms with van der Waals surface area (Å²) in [5, 5.41) is 0. The normalized spacial score (nSPS) is 23.8. The quantitative estimate of drug-likeness (QED) is 0.821. The van der Waals surface area contributed by atoms with Crippen molar-refractivity contribution in [2.75, 3.05) is 13.1 Å². The molecule has 3 rings (SSSR count). The average Bonchev–Trinajstić information content (AvgIpc) is 2.72. The number of rotatable bonds is 4. The van der Waals surface area contributed by atoms with Gasteiger partial charge in [-0.15, -0.1) is 0 Å². The van der Waals surface area contributed by atoms with Crippen LogP contribution in [-0.2, 0) is 0 Å². The summed E-state index contributed by atoms with van der Waals surface area (Å²) in [5.41, 5.74) is 0.808. The molecule has 0 saturated carbocycles. The molecule has 2 atom stereocenters. The summed E-state index contributed by atoms with van der Waals surface area (Å²) in [4.78, 5) is 34.3. The van der Waals surface area contributed by atoms with E-state index in [2.05, 4.69) is 18.8 Å². The number of hydrogen-bond donors (Lipinski definition) is 0. The number of carbonyl (C=O) groups excluding carboxylic acids is 2. The van der Waals surface area contributed by atoms with Crippen molar-refractivity contribution in [1.29, 1.82) is 0 Å². The highest BCUT2D eigenvalue weighted by Gasteiger charge is 2.29. The molecule has 2 fully saturated rings. The van der Waals surface area contributed by atoms with Gasteiger partial charge in [0, 0.05) is 25.2 Å². The maximum Gasteiger partial charge on any atom is 0.272 e. The first-order chi connectivity index (χ1) is 12.7. The van der Waals surface area contributed by atoms with Crippen LogP contribution in [0.1, 0.15) is 86.2 Å². The second-order valence-electron chi connectivity index (χ2n) is 7.52. The van der Waals surface area contributed by atoms with Gasteiger partial charge in [0.05, 0.1) is 0 Å². The molecule has 2 aliphatic rings. The summed E-state index contributed by atoms with van der Waals surface area (Å²) in [6, 6.07) is 5.87. The Morgan fingerprint density at radius 1 is 0.885 bits per heavy atom. The molecule has 2 saturated heterocycles. The molecule has 3 heterocycles. The standard InChI is InChI=1S/C21H31N3O2/c1-3-16-10-5-7-14-23(16)20(25)18-12-9-13-19(22-18)21(26)24-15-8-6-11-17(24)4-2/h9,12-13,16-17H,3-8,10-11,14-15H2,1-2H3/t16-,17-/m1/s1. The Labute approximate surface area is 156 Å². The zero-order valence-corrected chi connectivity index (χ0v) is 16.1. The second kappa shape index (κ2) is 8.65. The van der Waals surface area contributed by atoms with Gasteiger partial charge in [-0.1, -0.05) is 19.9 Å². The molecule has 26 heavy (non-hydrogen) atoms. The first kappa shape index (κ1) is 18.9. The van der Waals surface area contributed by atoms with Gasteiger partial charge >= 0.3 is 0 Å². The predicted octanol–water partition coefficient (Wildman–Crippen LogP) is 3.89. The van der Waals surface area contributed by atoms with Gasteiger partial charge in [-0.3, -0.25) is 9.59 Å². The summed E-state index contributed by atoms with van der Waals surface area (Å²) < 4.78 is 0. The number of amides is 2. The minimum absolute atomic E-state index is 0.0307. The van der Waals surface area contributed by atoms with Crippen LogP contribution in [0.15, 0.2) is 18.2 Å². The first-order valence-electron chi connectivity index (χ1n) is 10.2. The summed E-state index contributed by atoms with van der Waals surface area (Å²) in [7, 11) is 0. The largest absolute Gasteiger partial charge is 0.334 e. The Hall–Kier alpha value is -1.91. The maximum absolute atomic E-state index is 13.0. The van der Waals surface area contributed by atoms with E-state index in [1.807, 2.05) is 9.80 Å². The fourth-order valence-electron chi connectivity index (χ4n) is 4.35. The van der Waals surface area contributed by atoms with Crippen LogP contribution in [0.5, 0.6) is 0 Å². The average molecular weight is 357 g/mol. The van der Waals surface area contributed by atoms with Crippen molar-refractivity contribution in [3.8, 4) is 0 Å². The highest BCUT2D eigenvalue weighted by molar-refractivity contribution is 5.96. The molecular formula is C21H31N3O2. The molecule has 5 heteroatoms. The summed E-state index contributed by atoms with van der Waals surface area (Å²) in [6.07, 6.45) is 8.52. The number of piperidine rings is 2. The molecule has 1 aromatic rings. The molecule has 0 aliphatic carbocycles. The van der Waals surface area contributed by atoms with Crippen molar-refractivity contribution < 1.29 is 9.59 Å². The molecule has 0 radical (unpaired) electrons. The zero-order valence-electron chi connectivity index (χ0n) is 16.1. The molecule has 1 aromatic heterocycles. The van der Waals surface area contributed by atoms with E-state index >= 15 is 0 Å². The van der Waals surface area contributed by atoms with E-state index in [0.29, 0.717) is 23.5 Å². The van der Waals surface area contributed by atoms with Gasteiger partial charge in [-0.05, 0) is 63.5 Å². The third kappa shape index (κ3) is 3.92. The van der Waals surface area contributed by atoms with Crippen molar-refractivity contribution >= 4 is 11.8 Å². The van der Waals surface area contributed by atoms with Crippen LogP contribution in [0.4, 0.5) is 0 Å². The number of aromatic nitrogens is 1. The lowest BCUT2D eigenvalue weighted by Crippen LogP contribution is -2.45. The lowest BCUT2D eigenvalue weighted by Gasteiger charge is -2.36. The van der Waals surface area contributed by atoms with E-state index in [-0.39, 0.29) is 11.8 Å². The van der Waals surface area contributed by atoms with Gasteiger partial charge in [-0.2, -0.15) is 0 Å². The van der Waals surface area contributed by atoms with E-state index in [1.54, 1.807) is 18.2 Å². The fourth-order valence-corrected chi connectivity index (χ4v) is 4.35. The molecule has 2 aliphatic heterocycles. The molecule has 0 unspecified atom stereocenters. The number of pyridine rings is 1. The highest BCUT2D eigenvalue weighted by Crippen LogP contribution is 2.23. The number of carbonyl (C=O) groups is 2. The monoisotopic (exact) mass is 357 g/mol. The Kier molecular flexibility index (Phi) is 6.28. The Balaban J connectivity index is 1.79. The van der Waals surface area contributed by atoms with Crippen LogP contribution < -0.4 is 0 Å². The minimum Gasteiger partial charge on any atom is -0.334 e. The third-order valence-corrected chi connectivity index (χ3v) is 5.91. The molecule has 142 valence electrons. The van der Waals surface area contributed by atoms with Gasteiger partial charge in [0.2, 0.25) is 0 Å². The van der Waals surface area contributed by atoms with Crippen LogP contribution >= 0.6 is 0 Å². The van der Waals surface area contributed by atoms with Crippen LogP contribution in [0.3, 0.4) is 0 Å². The van der Waals surface area contributed by atoms with Crippen molar-refractivity contribution in [3.05, 3.63) is 29.6 Å². The van der Waals surface area contributed by atoms with E-state index in [0.717, 1.165) is 51.6 Å². The second-order valence-corrected chi connectivity index (χ2v) is 7.52. The topological polar surface area (TPSA) is 53.5 Å². The molecular weight excluding hydrogens is 326 g/mol. The number of nitrogens with zero attached hydrogens (tertiary/aromatic N) is 3. The minimum atomic E-state index is -0.0307. The SMILES string of the molecule is CC[C@@H]1CCCCN1C(=O)c1cccc(C(=O)N2CCCC[C@H]2CC)n1. The van der Waals surface area contributed by atoms with Crippen LogP contribution in [0, 0.1) is 0 Å². The van der Waals surface area contributed by atoms with Crippen molar-refractivity contribution in [2.24, 2.45) is 0 Å². The lowest BCUT2D eigenvalue weighted by molar-refractivity contribution is 0.0593. The summed E-state index contributed by atoms with van der Waals surface area (Å²) >= 11 is 0. The van der Waals surface area contributed by atoms with E-state index in [1.165, 1.54) is 12.8 Å². The Bertz CT molecular complexity index is 595. The van der Waals surface area contributed by atoms with Gasteiger partial charge in [-0.25, -0.2) is 4.98 Å². The van der Waals surface area contributed by atoms with Crippen LogP contribution in [-0.4, -0.2) is 51.8 Å². The van der Waals surface area contributed by atoms with Crippen LogP contribution in [0.25, 0.3) is 0 Å². The van der Waals surface area contributed by atoms with Crippen molar-refractivity contribution in [1.82, 2.24) is 14.8 Å². The van der Waals surface area contributed by atoms with Crippen LogP contribution in [0.2, 0.25) is 0 Å². The van der Waals surface area contributed by atoms with E-state index in [9.17, 15) is 9.59 Å². The smallest absolute Gasteiger partial charge is 0.272 e. The van der Waals surface area contributed by atoms with Gasteiger partial charge < -0.3 is 9.80 Å². The number of likely N-dealkylation sites (tertiary alicyclic amines) is 2. The predicted molar refractivity (Wildman–Crippen MR) is 102 cm³/mol. The Morgan fingerprint density at radius 2 is 1.35 bits per heavy atom. The van der Waals surface area contributed by atoms with Crippen molar-refractivity contribution in [3.63, 3.8) is 0 Å². The molecule has 0 aromatic carbocycles. The molecule has 5 nitrogen and oxygen atoms in total.